The molecule has 1 unspecified atom stereocenters. The van der Waals surface area contributed by atoms with Gasteiger partial charge in [-0.3, -0.25) is 9.59 Å². The molecule has 4 rings (SSSR count). The number of rotatable bonds is 9. The number of likely N-dealkylation sites (tertiary alicyclic amines) is 1. The summed E-state index contributed by atoms with van der Waals surface area (Å²) in [5.41, 5.74) is 4.74. The van der Waals surface area contributed by atoms with Gasteiger partial charge in [-0.2, -0.15) is 0 Å². The summed E-state index contributed by atoms with van der Waals surface area (Å²) in [4.78, 5) is 30.2. The topological polar surface area (TPSA) is 70.1 Å². The lowest BCUT2D eigenvalue weighted by Gasteiger charge is -2.27. The maximum absolute atomic E-state index is 13.3. The van der Waals surface area contributed by atoms with Crippen molar-refractivity contribution in [1.82, 2.24) is 9.80 Å². The summed E-state index contributed by atoms with van der Waals surface area (Å²) in [6, 6.07) is 22.5. The summed E-state index contributed by atoms with van der Waals surface area (Å²) in [5.74, 6) is -0.768. The van der Waals surface area contributed by atoms with Gasteiger partial charge >= 0.3 is 0 Å². The van der Waals surface area contributed by atoms with E-state index in [0.717, 1.165) is 23.2 Å². The molecule has 3 aromatic carbocycles. The lowest BCUT2D eigenvalue weighted by atomic mass is 9.85. The third kappa shape index (κ3) is 6.62. The van der Waals surface area contributed by atoms with Crippen molar-refractivity contribution in [3.05, 3.63) is 106 Å². The number of ether oxygens (including phenoxy) is 1. The quantitative estimate of drug-likeness (QED) is 0.198. The van der Waals surface area contributed by atoms with Gasteiger partial charge in [0.1, 0.15) is 18.1 Å². The fourth-order valence-corrected chi connectivity index (χ4v) is 5.01. The van der Waals surface area contributed by atoms with Crippen molar-refractivity contribution in [2.24, 2.45) is 0 Å². The lowest BCUT2D eigenvalue weighted by molar-refractivity contribution is -0.139. The van der Waals surface area contributed by atoms with E-state index in [1.54, 1.807) is 29.2 Å². The molecule has 210 valence electrons. The van der Waals surface area contributed by atoms with Crippen LogP contribution < -0.4 is 4.74 Å². The number of benzene rings is 3. The molecule has 3 aromatic rings. The number of nitrogens with zero attached hydrogens (tertiary/aromatic N) is 2. The van der Waals surface area contributed by atoms with Crippen LogP contribution in [0.1, 0.15) is 61.1 Å². The van der Waals surface area contributed by atoms with E-state index in [-0.39, 0.29) is 16.7 Å². The zero-order valence-corrected chi connectivity index (χ0v) is 24.4. The molecule has 1 aliphatic rings. The van der Waals surface area contributed by atoms with Crippen LogP contribution in [0.2, 0.25) is 0 Å². The van der Waals surface area contributed by atoms with Crippen LogP contribution in [0.4, 0.5) is 0 Å². The van der Waals surface area contributed by atoms with Crippen molar-refractivity contribution in [3.8, 4) is 5.75 Å². The number of aryl methyl sites for hydroxylation is 1. The van der Waals surface area contributed by atoms with Crippen molar-refractivity contribution in [3.63, 3.8) is 0 Å². The van der Waals surface area contributed by atoms with Gasteiger partial charge in [0, 0.05) is 12.1 Å². The van der Waals surface area contributed by atoms with E-state index in [4.69, 9.17) is 4.74 Å². The molecule has 0 bridgehead atoms. The number of aliphatic hydroxyl groups is 1. The fraction of sp³-hybridized carbons (Fsp3) is 0.353. The molecule has 1 saturated heterocycles. The number of carbonyl (C=O) groups is 2. The van der Waals surface area contributed by atoms with E-state index >= 15 is 0 Å². The molecule has 1 amide bonds. The van der Waals surface area contributed by atoms with Gasteiger partial charge in [-0.1, -0.05) is 74.9 Å². The number of hydrogen-bond donors (Lipinski definition) is 1. The third-order valence-electron chi connectivity index (χ3n) is 7.25. The lowest BCUT2D eigenvalue weighted by Crippen LogP contribution is -2.32. The Labute approximate surface area is 237 Å². The molecular formula is C34H40N2O4. The van der Waals surface area contributed by atoms with Crippen LogP contribution in [0.25, 0.3) is 5.76 Å². The predicted octanol–water partition coefficient (Wildman–Crippen LogP) is 6.24. The number of hydrogen-bond acceptors (Lipinski definition) is 5. The van der Waals surface area contributed by atoms with Gasteiger partial charge < -0.3 is 19.6 Å². The summed E-state index contributed by atoms with van der Waals surface area (Å²) >= 11 is 0. The van der Waals surface area contributed by atoms with E-state index in [0.29, 0.717) is 30.9 Å². The maximum atomic E-state index is 13.3. The number of ketones is 1. The molecule has 0 spiro atoms. The summed E-state index contributed by atoms with van der Waals surface area (Å²) < 4.78 is 5.92. The molecule has 0 aromatic heterocycles. The van der Waals surface area contributed by atoms with Crippen molar-refractivity contribution >= 4 is 17.4 Å². The largest absolute Gasteiger partial charge is 0.507 e. The summed E-state index contributed by atoms with van der Waals surface area (Å²) in [7, 11) is 3.95. The Bertz CT molecular complexity index is 1380. The minimum Gasteiger partial charge on any atom is -0.507 e. The second kappa shape index (κ2) is 12.1. The Morgan fingerprint density at radius 3 is 2.25 bits per heavy atom. The third-order valence-corrected chi connectivity index (χ3v) is 7.25. The summed E-state index contributed by atoms with van der Waals surface area (Å²) in [5, 5.41) is 11.4. The molecule has 1 fully saturated rings. The first-order chi connectivity index (χ1) is 19.0. The first-order valence-corrected chi connectivity index (χ1v) is 13.8. The normalized spacial score (nSPS) is 17.1. The molecule has 1 N–H and O–H groups in total. The average Bonchev–Trinajstić information content (AvgIpc) is 3.16. The first kappa shape index (κ1) is 29.1. The zero-order valence-electron chi connectivity index (χ0n) is 24.4. The van der Waals surface area contributed by atoms with Crippen LogP contribution in [0.15, 0.2) is 78.4 Å². The number of Topliss-reactive ketones (excluding diaryl/α,β-unsaturated/α-hetero) is 1. The van der Waals surface area contributed by atoms with E-state index in [9.17, 15) is 14.7 Å². The first-order valence-electron chi connectivity index (χ1n) is 13.8. The molecule has 1 aliphatic heterocycles. The molecule has 0 radical (unpaired) electrons. The fourth-order valence-electron chi connectivity index (χ4n) is 5.01. The van der Waals surface area contributed by atoms with Gasteiger partial charge in [-0.15, -0.1) is 0 Å². The van der Waals surface area contributed by atoms with E-state index in [1.807, 2.05) is 68.4 Å². The monoisotopic (exact) mass is 540 g/mol. The van der Waals surface area contributed by atoms with Crippen LogP contribution in [0.5, 0.6) is 5.75 Å². The second-order valence-corrected chi connectivity index (χ2v) is 11.8. The predicted molar refractivity (Wildman–Crippen MR) is 159 cm³/mol. The van der Waals surface area contributed by atoms with E-state index < -0.39 is 17.7 Å². The standard InChI is InChI=1S/C34H40N2O4/c1-23-9-7-10-24(21-23)22-40-28-17-13-26(14-18-28)31(37)29-30(25-11-15-27(16-12-25)34(2,3)4)36(33(39)32(29)38)20-8-19-35(5)6/h7,9-18,21,30,37H,8,19-20,22H2,1-6H3. The molecule has 6 heteroatoms. The second-order valence-electron chi connectivity index (χ2n) is 11.8. The molecule has 0 saturated carbocycles. The van der Waals surface area contributed by atoms with Crippen LogP contribution in [0, 0.1) is 6.92 Å². The Morgan fingerprint density at radius 1 is 0.975 bits per heavy atom. The average molecular weight is 541 g/mol. The Kier molecular flexibility index (Phi) is 8.79. The molecule has 1 heterocycles. The van der Waals surface area contributed by atoms with Crippen LogP contribution in [-0.2, 0) is 21.6 Å². The van der Waals surface area contributed by atoms with Crippen LogP contribution >= 0.6 is 0 Å². The Hall–Kier alpha value is -3.90. The van der Waals surface area contributed by atoms with Crippen molar-refractivity contribution in [2.75, 3.05) is 27.2 Å². The van der Waals surface area contributed by atoms with Gasteiger partial charge in [0.15, 0.2) is 0 Å². The molecule has 6 nitrogen and oxygen atoms in total. The molecule has 40 heavy (non-hydrogen) atoms. The molecular weight excluding hydrogens is 500 g/mol. The van der Waals surface area contributed by atoms with Gasteiger partial charge in [0.2, 0.25) is 0 Å². The minimum absolute atomic E-state index is 0.0325. The van der Waals surface area contributed by atoms with Crippen LogP contribution in [0.3, 0.4) is 0 Å². The highest BCUT2D eigenvalue weighted by Crippen LogP contribution is 2.40. The van der Waals surface area contributed by atoms with Gasteiger partial charge in [-0.25, -0.2) is 0 Å². The van der Waals surface area contributed by atoms with Crippen molar-refractivity contribution in [2.45, 2.75) is 52.2 Å². The zero-order chi connectivity index (χ0) is 29.0. The molecule has 1 atom stereocenters. The smallest absolute Gasteiger partial charge is 0.295 e. The van der Waals surface area contributed by atoms with Gasteiger partial charge in [0.05, 0.1) is 11.6 Å². The van der Waals surface area contributed by atoms with Gasteiger partial charge in [0.25, 0.3) is 11.7 Å². The number of amides is 1. The van der Waals surface area contributed by atoms with Crippen LogP contribution in [-0.4, -0.2) is 53.8 Å². The highest BCUT2D eigenvalue weighted by atomic mass is 16.5. The highest BCUT2D eigenvalue weighted by Gasteiger charge is 2.45. The number of aliphatic hydroxyl groups excluding tert-OH is 1. The summed E-state index contributed by atoms with van der Waals surface area (Å²) in [6.07, 6.45) is 0.712. The van der Waals surface area contributed by atoms with Crippen molar-refractivity contribution < 1.29 is 19.4 Å². The number of carbonyl (C=O) groups excluding carboxylic acids is 2. The highest BCUT2D eigenvalue weighted by molar-refractivity contribution is 6.46. The summed E-state index contributed by atoms with van der Waals surface area (Å²) in [6.45, 7) is 10.1. The maximum Gasteiger partial charge on any atom is 0.295 e. The SMILES string of the molecule is Cc1cccc(COc2ccc(C(O)=C3C(=O)C(=O)N(CCCN(C)C)C3c3ccc(C(C)(C)C)cc3)cc2)c1. The Balaban J connectivity index is 1.65. The minimum atomic E-state index is -0.660. The molecule has 0 aliphatic carbocycles. The van der Waals surface area contributed by atoms with Crippen molar-refractivity contribution in [1.29, 1.82) is 0 Å². The Morgan fingerprint density at radius 2 is 1.65 bits per heavy atom. The van der Waals surface area contributed by atoms with E-state index in [1.165, 1.54) is 5.56 Å². The van der Waals surface area contributed by atoms with Gasteiger partial charge in [-0.05, 0) is 80.4 Å². The van der Waals surface area contributed by atoms with E-state index in [2.05, 4.69) is 26.8 Å².